The van der Waals surface area contributed by atoms with Crippen molar-refractivity contribution in [2.75, 3.05) is 45.8 Å². The fourth-order valence-electron chi connectivity index (χ4n) is 3.25. The molecule has 152 valence electrons. The predicted octanol–water partition coefficient (Wildman–Crippen LogP) is 3.40. The molecule has 0 saturated carbocycles. The minimum Gasteiger partial charge on any atom is -0.497 e. The Bertz CT molecular complexity index is 992. The normalized spacial score (nSPS) is 14.7. The molecular weight excluding hydrogens is 390 g/mol. The second-order valence-corrected chi connectivity index (χ2v) is 7.80. The summed E-state index contributed by atoms with van der Waals surface area (Å²) >= 11 is 1.47. The maximum atomic E-state index is 12.7. The Morgan fingerprint density at radius 2 is 1.86 bits per heavy atom. The molecular formula is C21H23N3O4S. The van der Waals surface area contributed by atoms with Crippen molar-refractivity contribution in [3.63, 3.8) is 0 Å². The summed E-state index contributed by atoms with van der Waals surface area (Å²) in [7, 11) is 3.11. The van der Waals surface area contributed by atoms with Crippen LogP contribution in [0, 0.1) is 0 Å². The summed E-state index contributed by atoms with van der Waals surface area (Å²) in [4.78, 5) is 19.6. The molecule has 0 aliphatic carbocycles. The maximum absolute atomic E-state index is 12.7. The van der Waals surface area contributed by atoms with Crippen molar-refractivity contribution in [2.45, 2.75) is 6.54 Å². The molecule has 2 aromatic carbocycles. The van der Waals surface area contributed by atoms with Gasteiger partial charge in [0, 0.05) is 31.3 Å². The van der Waals surface area contributed by atoms with Crippen LogP contribution in [0.3, 0.4) is 0 Å². The molecule has 0 radical (unpaired) electrons. The molecule has 1 amide bonds. The van der Waals surface area contributed by atoms with Crippen LogP contribution in [0.25, 0.3) is 10.2 Å². The van der Waals surface area contributed by atoms with E-state index in [-0.39, 0.29) is 5.91 Å². The van der Waals surface area contributed by atoms with Crippen LogP contribution in [0.4, 0.5) is 5.13 Å². The molecule has 0 atom stereocenters. The van der Waals surface area contributed by atoms with E-state index >= 15 is 0 Å². The number of rotatable bonds is 6. The van der Waals surface area contributed by atoms with E-state index in [4.69, 9.17) is 14.2 Å². The first-order valence-corrected chi connectivity index (χ1v) is 10.2. The van der Waals surface area contributed by atoms with Crippen LogP contribution < -0.4 is 14.8 Å². The van der Waals surface area contributed by atoms with Crippen LogP contribution in [0.1, 0.15) is 15.9 Å². The number of carbonyl (C=O) groups is 1. The summed E-state index contributed by atoms with van der Waals surface area (Å²) in [6, 6.07) is 11.3. The number of morpholine rings is 1. The molecule has 8 heteroatoms. The van der Waals surface area contributed by atoms with E-state index < -0.39 is 0 Å². The molecule has 7 nitrogen and oxygen atoms in total. The van der Waals surface area contributed by atoms with E-state index in [1.165, 1.54) is 16.9 Å². The first-order valence-electron chi connectivity index (χ1n) is 9.38. The molecule has 0 spiro atoms. The van der Waals surface area contributed by atoms with Crippen LogP contribution in [0.2, 0.25) is 0 Å². The van der Waals surface area contributed by atoms with Gasteiger partial charge in [-0.1, -0.05) is 17.4 Å². The van der Waals surface area contributed by atoms with Crippen LogP contribution >= 0.6 is 11.3 Å². The lowest BCUT2D eigenvalue weighted by Crippen LogP contribution is -2.35. The number of aromatic nitrogens is 1. The lowest BCUT2D eigenvalue weighted by molar-refractivity contribution is 0.0342. The highest BCUT2D eigenvalue weighted by molar-refractivity contribution is 7.22. The van der Waals surface area contributed by atoms with E-state index in [2.05, 4.69) is 27.3 Å². The highest BCUT2D eigenvalue weighted by Crippen LogP contribution is 2.29. The Hall–Kier alpha value is -2.68. The molecule has 1 saturated heterocycles. The summed E-state index contributed by atoms with van der Waals surface area (Å²) in [5.74, 6) is 0.868. The first kappa shape index (κ1) is 19.6. The number of amides is 1. The van der Waals surface area contributed by atoms with Crippen LogP contribution in [0.15, 0.2) is 36.4 Å². The topological polar surface area (TPSA) is 72.9 Å². The number of methoxy groups -OCH3 is 2. The molecule has 1 aliphatic rings. The van der Waals surface area contributed by atoms with E-state index in [9.17, 15) is 4.79 Å². The zero-order chi connectivity index (χ0) is 20.2. The third kappa shape index (κ3) is 4.67. The van der Waals surface area contributed by atoms with Gasteiger partial charge in [-0.3, -0.25) is 15.0 Å². The Morgan fingerprint density at radius 1 is 1.14 bits per heavy atom. The number of anilines is 1. The molecule has 1 N–H and O–H groups in total. The van der Waals surface area contributed by atoms with Crippen molar-refractivity contribution in [1.29, 1.82) is 0 Å². The predicted molar refractivity (Wildman–Crippen MR) is 113 cm³/mol. The van der Waals surface area contributed by atoms with Gasteiger partial charge in [0.05, 0.1) is 37.6 Å². The van der Waals surface area contributed by atoms with E-state index in [1.54, 1.807) is 32.4 Å². The highest BCUT2D eigenvalue weighted by Gasteiger charge is 2.14. The minimum absolute atomic E-state index is 0.255. The second kappa shape index (κ2) is 8.77. The van der Waals surface area contributed by atoms with E-state index in [1.807, 2.05) is 6.07 Å². The number of ether oxygens (including phenoxy) is 3. The summed E-state index contributed by atoms with van der Waals surface area (Å²) < 4.78 is 16.9. The van der Waals surface area contributed by atoms with Gasteiger partial charge in [-0.15, -0.1) is 0 Å². The van der Waals surface area contributed by atoms with Gasteiger partial charge in [-0.25, -0.2) is 4.98 Å². The SMILES string of the molecule is COc1cc(OC)cc(C(=O)Nc2nc3ccc(CN4CCOCC4)cc3s2)c1. The van der Waals surface area contributed by atoms with Gasteiger partial charge in [0.1, 0.15) is 11.5 Å². The molecule has 2 heterocycles. The number of benzene rings is 2. The lowest BCUT2D eigenvalue weighted by Gasteiger charge is -2.26. The lowest BCUT2D eigenvalue weighted by atomic mass is 10.2. The molecule has 1 aromatic heterocycles. The van der Waals surface area contributed by atoms with Gasteiger partial charge in [-0.05, 0) is 29.8 Å². The molecule has 0 unspecified atom stereocenters. The monoisotopic (exact) mass is 413 g/mol. The van der Waals surface area contributed by atoms with Crippen molar-refractivity contribution in [1.82, 2.24) is 9.88 Å². The van der Waals surface area contributed by atoms with E-state index in [0.29, 0.717) is 22.2 Å². The number of hydrogen-bond acceptors (Lipinski definition) is 7. The fraction of sp³-hybridized carbons (Fsp3) is 0.333. The fourth-order valence-corrected chi connectivity index (χ4v) is 4.17. The van der Waals surface area contributed by atoms with Crippen molar-refractivity contribution >= 4 is 32.6 Å². The Labute approximate surface area is 173 Å². The Morgan fingerprint density at radius 3 is 2.55 bits per heavy atom. The van der Waals surface area contributed by atoms with Crippen molar-refractivity contribution in [3.05, 3.63) is 47.5 Å². The molecule has 1 aliphatic heterocycles. The van der Waals surface area contributed by atoms with Gasteiger partial charge in [0.15, 0.2) is 5.13 Å². The smallest absolute Gasteiger partial charge is 0.257 e. The molecule has 4 rings (SSSR count). The van der Waals surface area contributed by atoms with Gasteiger partial charge in [-0.2, -0.15) is 0 Å². The zero-order valence-corrected chi connectivity index (χ0v) is 17.3. The summed E-state index contributed by atoms with van der Waals surface area (Å²) in [5.41, 5.74) is 2.56. The van der Waals surface area contributed by atoms with Crippen LogP contribution in [0.5, 0.6) is 11.5 Å². The molecule has 1 fully saturated rings. The standard InChI is InChI=1S/C21H23N3O4S/c1-26-16-10-15(11-17(12-16)27-2)20(25)23-21-22-18-4-3-14(9-19(18)29-21)13-24-5-7-28-8-6-24/h3-4,9-12H,5-8,13H2,1-2H3,(H,22,23,25). The number of nitrogens with zero attached hydrogens (tertiary/aromatic N) is 2. The number of carbonyl (C=O) groups excluding carboxylic acids is 1. The van der Waals surface area contributed by atoms with Gasteiger partial charge in [0.2, 0.25) is 0 Å². The van der Waals surface area contributed by atoms with Crippen LogP contribution in [-0.4, -0.2) is 56.3 Å². The Kier molecular flexibility index (Phi) is 5.94. The number of nitrogens with one attached hydrogen (secondary N) is 1. The molecule has 3 aromatic rings. The van der Waals surface area contributed by atoms with E-state index in [0.717, 1.165) is 43.1 Å². The summed E-state index contributed by atoms with van der Waals surface area (Å²) in [6.07, 6.45) is 0. The third-order valence-corrected chi connectivity index (χ3v) is 5.73. The molecule has 29 heavy (non-hydrogen) atoms. The Balaban J connectivity index is 1.50. The van der Waals surface area contributed by atoms with Crippen molar-refractivity contribution in [2.24, 2.45) is 0 Å². The van der Waals surface area contributed by atoms with Crippen molar-refractivity contribution in [3.8, 4) is 11.5 Å². The number of hydrogen-bond donors (Lipinski definition) is 1. The summed E-state index contributed by atoms with van der Waals surface area (Å²) in [5, 5.41) is 3.45. The van der Waals surface area contributed by atoms with Gasteiger partial charge >= 0.3 is 0 Å². The second-order valence-electron chi connectivity index (χ2n) is 6.77. The summed E-state index contributed by atoms with van der Waals surface area (Å²) in [6.45, 7) is 4.36. The quantitative estimate of drug-likeness (QED) is 0.668. The largest absolute Gasteiger partial charge is 0.497 e. The van der Waals surface area contributed by atoms with Gasteiger partial charge in [0.25, 0.3) is 5.91 Å². The highest BCUT2D eigenvalue weighted by atomic mass is 32.1. The first-order chi connectivity index (χ1) is 14.1. The average molecular weight is 413 g/mol. The minimum atomic E-state index is -0.255. The maximum Gasteiger partial charge on any atom is 0.257 e. The zero-order valence-electron chi connectivity index (χ0n) is 16.4. The molecule has 0 bridgehead atoms. The number of thiazole rings is 1. The van der Waals surface area contributed by atoms with Crippen LogP contribution in [-0.2, 0) is 11.3 Å². The van der Waals surface area contributed by atoms with Crippen molar-refractivity contribution < 1.29 is 19.0 Å². The third-order valence-electron chi connectivity index (χ3n) is 4.80. The van der Waals surface area contributed by atoms with Gasteiger partial charge < -0.3 is 14.2 Å². The number of fused-ring (bicyclic) bond motifs is 1. The average Bonchev–Trinajstić information content (AvgIpc) is 3.15.